The maximum absolute atomic E-state index is 13.7. The highest BCUT2D eigenvalue weighted by atomic mass is 19.2. The van der Waals surface area contributed by atoms with E-state index >= 15 is 0 Å². The van der Waals surface area contributed by atoms with Gasteiger partial charge in [-0.15, -0.1) is 0 Å². The largest absolute Gasteiger partial charge is 0.310 e. The van der Waals surface area contributed by atoms with Crippen molar-refractivity contribution in [3.05, 3.63) is 34.6 Å². The predicted octanol–water partition coefficient (Wildman–Crippen LogP) is 4.61. The summed E-state index contributed by atoms with van der Waals surface area (Å²) in [4.78, 5) is 0. The third-order valence-electron chi connectivity index (χ3n) is 3.14. The maximum Gasteiger partial charge on any atom is 0.200 e. The molecule has 1 aromatic rings. The van der Waals surface area contributed by atoms with Gasteiger partial charge in [0.1, 0.15) is 0 Å². The van der Waals surface area contributed by atoms with Gasteiger partial charge in [0, 0.05) is 11.6 Å². The second-order valence-electron chi connectivity index (χ2n) is 4.59. The molecule has 114 valence electrons. The molecule has 1 unspecified atom stereocenters. The second kappa shape index (κ2) is 7.57. The number of hydrogen-bond donors (Lipinski definition) is 1. The Labute approximate surface area is 115 Å². The normalized spacial score (nSPS) is 12.8. The van der Waals surface area contributed by atoms with Gasteiger partial charge < -0.3 is 5.32 Å². The van der Waals surface area contributed by atoms with Crippen molar-refractivity contribution in [1.82, 2.24) is 5.32 Å². The monoisotopic (exact) mass is 295 g/mol. The zero-order valence-electron chi connectivity index (χ0n) is 11.5. The van der Waals surface area contributed by atoms with Crippen LogP contribution in [-0.2, 0) is 0 Å². The summed E-state index contributed by atoms with van der Waals surface area (Å²) in [6.07, 6.45) is 2.70. The summed E-state index contributed by atoms with van der Waals surface area (Å²) in [6, 6.07) is -0.879. The number of hydrogen-bond acceptors (Lipinski definition) is 1. The third-order valence-corrected chi connectivity index (χ3v) is 3.14. The Hall–Kier alpha value is -1.17. The molecular formula is C14H18F5N. The van der Waals surface area contributed by atoms with E-state index in [1.165, 1.54) is 0 Å². The van der Waals surface area contributed by atoms with Crippen LogP contribution in [0.15, 0.2) is 0 Å². The van der Waals surface area contributed by atoms with E-state index in [2.05, 4.69) is 5.32 Å². The van der Waals surface area contributed by atoms with E-state index in [0.29, 0.717) is 19.4 Å². The minimum atomic E-state index is -2.12. The first-order valence-corrected chi connectivity index (χ1v) is 6.70. The summed E-state index contributed by atoms with van der Waals surface area (Å²) in [7, 11) is 0. The van der Waals surface area contributed by atoms with Gasteiger partial charge in [-0.1, -0.05) is 33.1 Å². The quantitative estimate of drug-likeness (QED) is 0.335. The summed E-state index contributed by atoms with van der Waals surface area (Å²) < 4.78 is 66.9. The van der Waals surface area contributed by atoms with E-state index in [1.807, 2.05) is 6.92 Å². The van der Waals surface area contributed by atoms with Crippen molar-refractivity contribution in [3.63, 3.8) is 0 Å². The first-order chi connectivity index (χ1) is 9.45. The van der Waals surface area contributed by atoms with Gasteiger partial charge >= 0.3 is 0 Å². The SMILES string of the molecule is CCCCCC(NCC)c1c(F)c(F)c(F)c(F)c1F. The number of nitrogens with one attached hydrogen (secondary N) is 1. The van der Waals surface area contributed by atoms with Crippen molar-refractivity contribution >= 4 is 0 Å². The Kier molecular flexibility index (Phi) is 6.39. The van der Waals surface area contributed by atoms with E-state index in [1.54, 1.807) is 6.92 Å². The van der Waals surface area contributed by atoms with Gasteiger partial charge in [0.2, 0.25) is 5.82 Å². The summed E-state index contributed by atoms with van der Waals surface area (Å²) >= 11 is 0. The van der Waals surface area contributed by atoms with Crippen molar-refractivity contribution in [3.8, 4) is 0 Å². The average molecular weight is 295 g/mol. The lowest BCUT2D eigenvalue weighted by atomic mass is 9.98. The highest BCUT2D eigenvalue weighted by Gasteiger charge is 2.29. The van der Waals surface area contributed by atoms with Crippen LogP contribution in [0.25, 0.3) is 0 Å². The molecule has 0 aliphatic carbocycles. The van der Waals surface area contributed by atoms with Crippen molar-refractivity contribution in [2.75, 3.05) is 6.54 Å². The summed E-state index contributed by atoms with van der Waals surface area (Å²) in [5.74, 6) is -9.39. The van der Waals surface area contributed by atoms with Crippen LogP contribution in [0.2, 0.25) is 0 Å². The molecule has 0 saturated heterocycles. The number of benzene rings is 1. The Morgan fingerprint density at radius 1 is 0.800 bits per heavy atom. The zero-order valence-corrected chi connectivity index (χ0v) is 11.5. The molecule has 0 radical (unpaired) electrons. The molecule has 0 saturated carbocycles. The van der Waals surface area contributed by atoms with Crippen LogP contribution in [0.4, 0.5) is 22.0 Å². The molecule has 1 nitrogen and oxygen atoms in total. The highest BCUT2D eigenvalue weighted by Crippen LogP contribution is 2.30. The molecule has 0 aromatic heterocycles. The standard InChI is InChI=1S/C14H18F5N/c1-3-5-6-7-8(20-4-2)9-10(15)12(17)14(19)13(18)11(9)16/h8,20H,3-7H2,1-2H3. The number of unbranched alkanes of at least 4 members (excludes halogenated alkanes) is 2. The van der Waals surface area contributed by atoms with E-state index in [0.717, 1.165) is 12.8 Å². The van der Waals surface area contributed by atoms with E-state index in [9.17, 15) is 22.0 Å². The van der Waals surface area contributed by atoms with Crippen LogP contribution < -0.4 is 5.32 Å². The fraction of sp³-hybridized carbons (Fsp3) is 0.571. The van der Waals surface area contributed by atoms with E-state index in [4.69, 9.17) is 0 Å². The van der Waals surface area contributed by atoms with Crippen molar-refractivity contribution < 1.29 is 22.0 Å². The Balaban J connectivity index is 3.18. The molecule has 0 amide bonds. The average Bonchev–Trinajstić information content (AvgIpc) is 2.43. The van der Waals surface area contributed by atoms with E-state index in [-0.39, 0.29) is 0 Å². The molecule has 20 heavy (non-hydrogen) atoms. The summed E-state index contributed by atoms with van der Waals surface area (Å²) in [6.45, 7) is 4.04. The lowest BCUT2D eigenvalue weighted by Crippen LogP contribution is -2.24. The Morgan fingerprint density at radius 3 is 1.75 bits per heavy atom. The molecule has 1 rings (SSSR count). The molecule has 0 bridgehead atoms. The fourth-order valence-corrected chi connectivity index (χ4v) is 2.12. The zero-order chi connectivity index (χ0) is 15.3. The molecule has 1 N–H and O–H groups in total. The van der Waals surface area contributed by atoms with Crippen molar-refractivity contribution in [2.45, 2.75) is 45.6 Å². The molecule has 0 aliphatic rings. The van der Waals surface area contributed by atoms with Gasteiger partial charge in [0.05, 0.1) is 0 Å². The van der Waals surface area contributed by atoms with Gasteiger partial charge in [-0.2, -0.15) is 0 Å². The Bertz CT molecular complexity index is 432. The summed E-state index contributed by atoms with van der Waals surface area (Å²) in [5.41, 5.74) is -0.764. The molecule has 1 aromatic carbocycles. The van der Waals surface area contributed by atoms with Crippen molar-refractivity contribution in [2.24, 2.45) is 0 Å². The van der Waals surface area contributed by atoms with Crippen LogP contribution in [0, 0.1) is 29.1 Å². The first-order valence-electron chi connectivity index (χ1n) is 6.70. The fourth-order valence-electron chi connectivity index (χ4n) is 2.12. The van der Waals surface area contributed by atoms with Crippen molar-refractivity contribution in [1.29, 1.82) is 0 Å². The highest BCUT2D eigenvalue weighted by molar-refractivity contribution is 5.27. The first kappa shape index (κ1) is 16.9. The lowest BCUT2D eigenvalue weighted by molar-refractivity contribution is 0.350. The number of rotatable bonds is 7. The van der Waals surface area contributed by atoms with Crippen LogP contribution in [-0.4, -0.2) is 6.54 Å². The Morgan fingerprint density at radius 2 is 1.30 bits per heavy atom. The van der Waals surface area contributed by atoms with Crippen LogP contribution >= 0.6 is 0 Å². The van der Waals surface area contributed by atoms with E-state index < -0.39 is 40.7 Å². The van der Waals surface area contributed by atoms with Gasteiger partial charge in [-0.25, -0.2) is 22.0 Å². The van der Waals surface area contributed by atoms with Gasteiger partial charge in [-0.05, 0) is 13.0 Å². The predicted molar refractivity (Wildman–Crippen MR) is 66.8 cm³/mol. The third kappa shape index (κ3) is 3.48. The molecule has 6 heteroatoms. The van der Waals surface area contributed by atoms with Gasteiger partial charge in [0.15, 0.2) is 23.3 Å². The minimum Gasteiger partial charge on any atom is -0.310 e. The maximum atomic E-state index is 13.7. The smallest absolute Gasteiger partial charge is 0.200 e. The van der Waals surface area contributed by atoms with Crippen LogP contribution in [0.5, 0.6) is 0 Å². The second-order valence-corrected chi connectivity index (χ2v) is 4.59. The molecular weight excluding hydrogens is 277 g/mol. The molecule has 1 atom stereocenters. The van der Waals surface area contributed by atoms with Crippen LogP contribution in [0.3, 0.4) is 0 Å². The topological polar surface area (TPSA) is 12.0 Å². The number of halogens is 5. The van der Waals surface area contributed by atoms with Gasteiger partial charge in [0.25, 0.3) is 0 Å². The molecule has 0 fully saturated rings. The van der Waals surface area contributed by atoms with Gasteiger partial charge in [-0.3, -0.25) is 0 Å². The minimum absolute atomic E-state index is 0.319. The molecule has 0 heterocycles. The molecule has 0 spiro atoms. The molecule has 0 aliphatic heterocycles. The summed E-state index contributed by atoms with van der Waals surface area (Å²) in [5, 5.41) is 2.78. The lowest BCUT2D eigenvalue weighted by Gasteiger charge is -2.20. The van der Waals surface area contributed by atoms with Crippen LogP contribution in [0.1, 0.15) is 51.1 Å².